The van der Waals surface area contributed by atoms with Crippen LogP contribution in [0.25, 0.3) is 0 Å². The normalized spacial score (nSPS) is 26.5. The van der Waals surface area contributed by atoms with Crippen LogP contribution in [-0.4, -0.2) is 67.7 Å². The number of rotatable bonds is 9. The predicted octanol–water partition coefficient (Wildman–Crippen LogP) is -1.19. The van der Waals surface area contributed by atoms with Gasteiger partial charge in [-0.2, -0.15) is 0 Å². The minimum atomic E-state index is -4.99. The average Bonchev–Trinajstić information content (AvgIpc) is 2.33. The molecule has 6 N–H and O–H groups in total. The maximum atomic E-state index is 10.9. The summed E-state index contributed by atoms with van der Waals surface area (Å²) >= 11 is 0. The monoisotopic (exact) mass is 418 g/mol. The smallest absolute Gasteiger partial charge is 0.350 e. The van der Waals surface area contributed by atoms with Gasteiger partial charge in [-0.1, -0.05) is 0 Å². The Kier molecular flexibility index (Phi) is 8.14. The molecule has 144 valence electrons. The van der Waals surface area contributed by atoms with E-state index in [2.05, 4.69) is 13.6 Å². The number of hydrogen-bond donors (Lipinski definition) is 6. The molecule has 1 aliphatic rings. The van der Waals surface area contributed by atoms with Crippen molar-refractivity contribution in [1.29, 1.82) is 0 Å². The lowest BCUT2D eigenvalue weighted by atomic mass is 10.1. The molecule has 0 aromatic heterocycles. The van der Waals surface area contributed by atoms with Crippen LogP contribution >= 0.6 is 23.5 Å². The van der Waals surface area contributed by atoms with Crippen molar-refractivity contribution in [2.75, 3.05) is 19.8 Å². The summed E-state index contributed by atoms with van der Waals surface area (Å²) in [6, 6.07) is 0. The summed E-state index contributed by atoms with van der Waals surface area (Å²) in [7, 11) is -14.6. The first-order valence-corrected chi connectivity index (χ1v) is 10.8. The number of phosphoric acid groups is 3. The molecule has 1 saturated heterocycles. The van der Waals surface area contributed by atoms with Gasteiger partial charge in [-0.05, 0) is 0 Å². The van der Waals surface area contributed by atoms with Gasteiger partial charge in [0.25, 0.3) is 0 Å². The Labute approximate surface area is 135 Å². The van der Waals surface area contributed by atoms with E-state index in [0.29, 0.717) is 0 Å². The molecule has 0 saturated carbocycles. The molecule has 0 bridgehead atoms. The van der Waals surface area contributed by atoms with E-state index in [1.807, 2.05) is 0 Å². The number of hydrogen-bond acceptors (Lipinski definition) is 8. The third kappa shape index (κ3) is 10.3. The van der Waals surface area contributed by atoms with E-state index < -0.39 is 55.2 Å². The van der Waals surface area contributed by atoms with Gasteiger partial charge in [0.05, 0.1) is 19.8 Å². The third-order valence-corrected chi connectivity index (χ3v) is 4.09. The second kappa shape index (κ2) is 8.76. The molecule has 0 aromatic rings. The maximum Gasteiger partial charge on any atom is 0.470 e. The SMILES string of the molecule is O=P(O)(O)OCCO[C@@H]1C[C@@H](OP(=O)(O)O)[C@H](OP(=O)(O)O)CO1. The molecule has 1 fully saturated rings. The zero-order valence-corrected chi connectivity index (χ0v) is 14.5. The van der Waals surface area contributed by atoms with Gasteiger partial charge >= 0.3 is 23.5 Å². The molecule has 0 spiro atoms. The van der Waals surface area contributed by atoms with Crippen molar-refractivity contribution in [2.24, 2.45) is 0 Å². The summed E-state index contributed by atoms with van der Waals surface area (Å²) in [6.07, 6.45) is -4.42. The fourth-order valence-electron chi connectivity index (χ4n) is 1.73. The Morgan fingerprint density at radius 2 is 1.38 bits per heavy atom. The van der Waals surface area contributed by atoms with Gasteiger partial charge in [0.15, 0.2) is 6.29 Å². The molecule has 0 aromatic carbocycles. The van der Waals surface area contributed by atoms with Crippen molar-refractivity contribution in [3.8, 4) is 0 Å². The average molecular weight is 418 g/mol. The quantitative estimate of drug-likeness (QED) is 0.192. The largest absolute Gasteiger partial charge is 0.470 e. The Bertz CT molecular complexity index is 530. The molecule has 14 nitrogen and oxygen atoms in total. The predicted molar refractivity (Wildman–Crippen MR) is 72.1 cm³/mol. The summed E-state index contributed by atoms with van der Waals surface area (Å²) < 4.78 is 55.2. The van der Waals surface area contributed by atoms with Crippen LogP contribution in [0.15, 0.2) is 0 Å². The van der Waals surface area contributed by atoms with Gasteiger partial charge in [0, 0.05) is 6.42 Å². The van der Waals surface area contributed by atoms with Crippen LogP contribution < -0.4 is 0 Å². The summed E-state index contributed by atoms with van der Waals surface area (Å²) in [6.45, 7) is -1.33. The molecule has 0 amide bonds. The van der Waals surface area contributed by atoms with E-state index in [1.54, 1.807) is 0 Å². The highest BCUT2D eigenvalue weighted by Crippen LogP contribution is 2.45. The van der Waals surface area contributed by atoms with Crippen molar-refractivity contribution in [1.82, 2.24) is 0 Å². The second-order valence-electron chi connectivity index (χ2n) is 4.46. The van der Waals surface area contributed by atoms with Crippen LogP contribution in [0.5, 0.6) is 0 Å². The zero-order chi connectivity index (χ0) is 18.6. The lowest BCUT2D eigenvalue weighted by Crippen LogP contribution is -2.44. The number of phosphoric ester groups is 3. The maximum absolute atomic E-state index is 10.9. The van der Waals surface area contributed by atoms with Crippen LogP contribution in [0.4, 0.5) is 0 Å². The highest BCUT2D eigenvalue weighted by atomic mass is 31.2. The van der Waals surface area contributed by atoms with Crippen LogP contribution in [-0.2, 0) is 36.7 Å². The van der Waals surface area contributed by atoms with Crippen LogP contribution in [0.2, 0.25) is 0 Å². The standard InChI is InChI=1S/C7H17O14P3/c8-22(9,10)19-2-1-17-7-3-5(20-23(11,12)13)6(4-18-7)21-24(14,15)16/h5-7H,1-4H2,(H2,8,9,10)(H2,11,12,13)(H2,14,15,16)/t5-,6-,7+/m1/s1. The van der Waals surface area contributed by atoms with E-state index in [1.165, 1.54) is 0 Å². The van der Waals surface area contributed by atoms with Crippen LogP contribution in [0, 0.1) is 0 Å². The van der Waals surface area contributed by atoms with E-state index in [9.17, 15) is 13.7 Å². The molecular formula is C7H17O14P3. The Balaban J connectivity index is 2.57. The van der Waals surface area contributed by atoms with Gasteiger partial charge in [-0.15, -0.1) is 0 Å². The van der Waals surface area contributed by atoms with E-state index in [4.69, 9.17) is 38.8 Å². The van der Waals surface area contributed by atoms with Gasteiger partial charge < -0.3 is 38.8 Å². The minimum absolute atomic E-state index is 0.331. The molecular weight excluding hydrogens is 401 g/mol. The molecule has 0 radical (unpaired) electrons. The molecule has 17 heteroatoms. The van der Waals surface area contributed by atoms with E-state index in [-0.39, 0.29) is 13.0 Å². The molecule has 0 unspecified atom stereocenters. The molecule has 1 rings (SSSR count). The molecule has 3 atom stereocenters. The van der Waals surface area contributed by atoms with Crippen LogP contribution in [0.3, 0.4) is 0 Å². The fraction of sp³-hybridized carbons (Fsp3) is 1.00. The van der Waals surface area contributed by atoms with Gasteiger partial charge in [0.2, 0.25) is 0 Å². The fourth-order valence-corrected chi connectivity index (χ4v) is 3.17. The van der Waals surface area contributed by atoms with Crippen molar-refractivity contribution in [3.05, 3.63) is 0 Å². The Hall–Kier alpha value is 0.250. The first kappa shape index (κ1) is 22.3. The van der Waals surface area contributed by atoms with E-state index >= 15 is 0 Å². The Morgan fingerprint density at radius 1 is 0.833 bits per heavy atom. The van der Waals surface area contributed by atoms with Gasteiger partial charge in [0.1, 0.15) is 12.2 Å². The highest BCUT2D eigenvalue weighted by Gasteiger charge is 2.40. The van der Waals surface area contributed by atoms with Gasteiger partial charge in [-0.3, -0.25) is 13.6 Å². The molecule has 24 heavy (non-hydrogen) atoms. The Morgan fingerprint density at radius 3 is 1.88 bits per heavy atom. The van der Waals surface area contributed by atoms with Crippen molar-refractivity contribution in [2.45, 2.75) is 24.9 Å². The molecule has 0 aliphatic carbocycles. The first-order chi connectivity index (χ1) is 10.8. The molecule has 1 heterocycles. The topological polar surface area (TPSA) is 219 Å². The summed E-state index contributed by atoms with van der Waals surface area (Å²) in [4.78, 5) is 52.1. The van der Waals surface area contributed by atoms with Crippen molar-refractivity contribution in [3.63, 3.8) is 0 Å². The number of ether oxygens (including phenoxy) is 2. The summed E-state index contributed by atoms with van der Waals surface area (Å²) in [5.74, 6) is 0. The minimum Gasteiger partial charge on any atom is -0.350 e. The lowest BCUT2D eigenvalue weighted by Gasteiger charge is -2.35. The van der Waals surface area contributed by atoms with Gasteiger partial charge in [-0.25, -0.2) is 13.7 Å². The first-order valence-electron chi connectivity index (χ1n) is 6.16. The van der Waals surface area contributed by atoms with Crippen molar-refractivity contribution < 1.29 is 66.1 Å². The lowest BCUT2D eigenvalue weighted by molar-refractivity contribution is -0.213. The van der Waals surface area contributed by atoms with Crippen LogP contribution in [0.1, 0.15) is 6.42 Å². The summed E-state index contributed by atoms with van der Waals surface area (Å²) in [5.41, 5.74) is 0. The second-order valence-corrected chi connectivity index (χ2v) is 8.09. The summed E-state index contributed by atoms with van der Waals surface area (Å²) in [5, 5.41) is 0. The van der Waals surface area contributed by atoms with E-state index in [0.717, 1.165) is 0 Å². The molecule has 1 aliphatic heterocycles. The zero-order valence-electron chi connectivity index (χ0n) is 11.9. The van der Waals surface area contributed by atoms with Crippen molar-refractivity contribution >= 4 is 23.5 Å². The highest BCUT2D eigenvalue weighted by molar-refractivity contribution is 7.46. The third-order valence-electron chi connectivity index (χ3n) is 2.48.